The van der Waals surface area contributed by atoms with E-state index < -0.39 is 20.9 Å². The molecule has 0 saturated carbocycles. The van der Waals surface area contributed by atoms with Crippen molar-refractivity contribution in [3.8, 4) is 11.8 Å². The van der Waals surface area contributed by atoms with Crippen molar-refractivity contribution in [2.75, 3.05) is 6.61 Å². The maximum absolute atomic E-state index is 12.1. The minimum atomic E-state index is -2.43. The normalized spacial score (nSPS) is 20.5. The molecule has 2 aromatic rings. The molecule has 154 valence electrons. The van der Waals surface area contributed by atoms with Gasteiger partial charge in [-0.1, -0.05) is 19.1 Å². The molecule has 30 heavy (non-hydrogen) atoms. The Balaban J connectivity index is 2.13. The van der Waals surface area contributed by atoms with E-state index in [9.17, 15) is 20.0 Å². The Kier molecular flexibility index (Phi) is 6.18. The van der Waals surface area contributed by atoms with Crippen LogP contribution in [0.4, 0.5) is 5.69 Å². The number of hydrogen-bond acceptors (Lipinski definition) is 6. The number of aliphatic carboxylic acids is 1. The lowest BCUT2D eigenvalue weighted by Crippen LogP contribution is -2.14. The van der Waals surface area contributed by atoms with Crippen molar-refractivity contribution in [2.24, 2.45) is 10.9 Å². The summed E-state index contributed by atoms with van der Waals surface area (Å²) in [7, 11) is -2.43. The topological polar surface area (TPSA) is 126 Å². The second-order valence-electron chi connectivity index (χ2n) is 6.69. The lowest BCUT2D eigenvalue weighted by molar-refractivity contribution is -0.384. The Bertz CT molecular complexity index is 1070. The van der Waals surface area contributed by atoms with Gasteiger partial charge in [-0.05, 0) is 24.3 Å². The minimum Gasteiger partial charge on any atom is -0.492 e. The van der Waals surface area contributed by atoms with Crippen LogP contribution in [-0.2, 0) is 4.79 Å². The molecule has 1 heterocycles. The number of non-ortho nitro benzene ring substituents is 1. The number of aliphatic imine (C=N–C) groups is 1. The van der Waals surface area contributed by atoms with Gasteiger partial charge in [0.1, 0.15) is 10.7 Å². The summed E-state index contributed by atoms with van der Waals surface area (Å²) in [5, 5.41) is 29.8. The third-order valence-corrected chi connectivity index (χ3v) is 8.01. The molecule has 3 rings (SSSR count). The summed E-state index contributed by atoms with van der Waals surface area (Å²) in [6.07, 6.45) is 1.65. The maximum atomic E-state index is 12.1. The summed E-state index contributed by atoms with van der Waals surface area (Å²) in [6.45, 7) is 2.19. The number of nitrogens with zero attached hydrogens (tertiary/aromatic N) is 3. The molecule has 1 aliphatic rings. The number of ether oxygens (including phenoxy) is 1. The Morgan fingerprint density at radius 2 is 2.00 bits per heavy atom. The van der Waals surface area contributed by atoms with Gasteiger partial charge >= 0.3 is 5.97 Å². The fourth-order valence-electron chi connectivity index (χ4n) is 3.08. The predicted octanol–water partition coefficient (Wildman–Crippen LogP) is 4.71. The largest absolute Gasteiger partial charge is 0.492 e. The predicted molar refractivity (Wildman–Crippen MR) is 113 cm³/mol. The van der Waals surface area contributed by atoms with Gasteiger partial charge in [0.25, 0.3) is 5.69 Å². The molecular formula is C21H19N3O5S. The van der Waals surface area contributed by atoms with E-state index in [1.807, 2.05) is 6.92 Å². The molecule has 0 amide bonds. The number of carboxylic acid groups (broad SMARTS) is 1. The summed E-state index contributed by atoms with van der Waals surface area (Å²) >= 11 is 0. The van der Waals surface area contributed by atoms with E-state index in [1.54, 1.807) is 41.9 Å². The van der Waals surface area contributed by atoms with E-state index in [4.69, 9.17) is 10.00 Å². The highest BCUT2D eigenvalue weighted by Gasteiger charge is 2.40. The molecular weight excluding hydrogens is 406 g/mol. The standard InChI is InChI=1S/C21H19N3O5S/c1-15(10-11-22)13-29-18-4-2-3-5-19(18)30(14-23-12-20(30)21(25)26)17-8-6-16(7-9-17)24(27)28/h2-9,12,14-15H,10,13H2,1H3,(H,25,26). The van der Waals surface area contributed by atoms with Crippen LogP contribution in [-0.4, -0.2) is 28.2 Å². The van der Waals surface area contributed by atoms with Gasteiger partial charge in [0.15, 0.2) is 0 Å². The first-order valence-electron chi connectivity index (χ1n) is 9.03. The van der Waals surface area contributed by atoms with Crippen LogP contribution in [0.15, 0.2) is 74.4 Å². The molecule has 0 aromatic heterocycles. The van der Waals surface area contributed by atoms with Gasteiger partial charge in [-0.3, -0.25) is 15.1 Å². The molecule has 8 nitrogen and oxygen atoms in total. The molecule has 0 saturated heterocycles. The fourth-order valence-corrected chi connectivity index (χ4v) is 6.22. The average molecular weight is 425 g/mol. The van der Waals surface area contributed by atoms with Crippen molar-refractivity contribution in [3.63, 3.8) is 0 Å². The van der Waals surface area contributed by atoms with Crippen molar-refractivity contribution in [2.45, 2.75) is 23.1 Å². The van der Waals surface area contributed by atoms with Gasteiger partial charge in [-0.15, -0.1) is 10.0 Å². The van der Waals surface area contributed by atoms with E-state index in [2.05, 4.69) is 11.1 Å². The molecule has 0 fully saturated rings. The molecule has 9 heteroatoms. The summed E-state index contributed by atoms with van der Waals surface area (Å²) in [5.74, 6) is -0.621. The molecule has 0 bridgehead atoms. The Morgan fingerprint density at radius 3 is 2.63 bits per heavy atom. The Morgan fingerprint density at radius 1 is 1.30 bits per heavy atom. The molecule has 0 aliphatic carbocycles. The second-order valence-corrected chi connectivity index (χ2v) is 9.57. The van der Waals surface area contributed by atoms with Crippen molar-refractivity contribution in [1.29, 1.82) is 5.26 Å². The zero-order valence-electron chi connectivity index (χ0n) is 16.1. The van der Waals surface area contributed by atoms with Gasteiger partial charge in [-0.25, -0.2) is 4.79 Å². The Hall–Kier alpha value is -3.64. The van der Waals surface area contributed by atoms with Crippen molar-refractivity contribution in [3.05, 3.63) is 69.8 Å². The van der Waals surface area contributed by atoms with Gasteiger partial charge in [-0.2, -0.15) is 5.26 Å². The summed E-state index contributed by atoms with van der Waals surface area (Å²) in [5.41, 5.74) is 1.51. The molecule has 1 aliphatic heterocycles. The van der Waals surface area contributed by atoms with Crippen LogP contribution in [0.25, 0.3) is 0 Å². The zero-order chi connectivity index (χ0) is 21.7. The zero-order valence-corrected chi connectivity index (χ0v) is 16.9. The first-order chi connectivity index (χ1) is 14.4. The molecule has 2 unspecified atom stereocenters. The van der Waals surface area contributed by atoms with E-state index in [-0.39, 0.29) is 16.5 Å². The SMILES string of the molecule is CC(CC#N)COc1ccccc1S1(c2ccc([N+](=O)[O-])cc2)C=NC=C1C(=O)O. The number of carbonyl (C=O) groups is 1. The monoisotopic (exact) mass is 425 g/mol. The smallest absolute Gasteiger partial charge is 0.343 e. The van der Waals surface area contributed by atoms with Crippen LogP contribution < -0.4 is 4.74 Å². The number of nitriles is 1. The lowest BCUT2D eigenvalue weighted by atomic mass is 10.1. The van der Waals surface area contributed by atoms with Crippen LogP contribution in [0, 0.1) is 27.4 Å². The molecule has 0 radical (unpaired) electrons. The molecule has 2 atom stereocenters. The number of nitro groups is 1. The first-order valence-corrected chi connectivity index (χ1v) is 10.7. The van der Waals surface area contributed by atoms with Gasteiger partial charge in [0.05, 0.1) is 23.1 Å². The van der Waals surface area contributed by atoms with Crippen molar-refractivity contribution < 1.29 is 19.6 Å². The van der Waals surface area contributed by atoms with E-state index in [1.165, 1.54) is 18.3 Å². The highest BCUT2D eigenvalue weighted by atomic mass is 32.3. The molecule has 2 aromatic carbocycles. The van der Waals surface area contributed by atoms with Gasteiger partial charge in [0, 0.05) is 40.5 Å². The quantitative estimate of drug-likeness (QED) is 0.482. The minimum absolute atomic E-state index is 0.000104. The fraction of sp³-hybridized carbons (Fsp3) is 0.190. The highest BCUT2D eigenvalue weighted by molar-refractivity contribution is 8.47. The first kappa shape index (κ1) is 21.1. The summed E-state index contributed by atoms with van der Waals surface area (Å²) in [4.78, 5) is 28.1. The maximum Gasteiger partial charge on any atom is 0.343 e. The number of nitro benzene ring substituents is 1. The molecule has 1 N–H and O–H groups in total. The average Bonchev–Trinajstić information content (AvgIpc) is 3.19. The number of benzene rings is 2. The summed E-state index contributed by atoms with van der Waals surface area (Å²) in [6, 6.07) is 15.1. The third kappa shape index (κ3) is 3.90. The second kappa shape index (κ2) is 8.80. The number of hydrogen-bond donors (Lipinski definition) is 1. The van der Waals surface area contributed by atoms with E-state index in [0.717, 1.165) is 0 Å². The number of carboxylic acids is 1. The van der Waals surface area contributed by atoms with Crippen LogP contribution in [0.5, 0.6) is 5.75 Å². The number of rotatable bonds is 8. The lowest BCUT2D eigenvalue weighted by Gasteiger charge is -2.35. The third-order valence-electron chi connectivity index (χ3n) is 4.55. The van der Waals surface area contributed by atoms with Crippen LogP contribution in [0.1, 0.15) is 13.3 Å². The molecule has 0 spiro atoms. The van der Waals surface area contributed by atoms with Crippen molar-refractivity contribution >= 4 is 27.2 Å². The van der Waals surface area contributed by atoms with Crippen molar-refractivity contribution in [1.82, 2.24) is 0 Å². The van der Waals surface area contributed by atoms with Gasteiger partial charge < -0.3 is 9.84 Å². The highest BCUT2D eigenvalue weighted by Crippen LogP contribution is 2.70. The van der Waals surface area contributed by atoms with E-state index in [0.29, 0.717) is 28.6 Å². The van der Waals surface area contributed by atoms with Crippen LogP contribution in [0.2, 0.25) is 0 Å². The van der Waals surface area contributed by atoms with Crippen LogP contribution >= 0.6 is 10.0 Å². The van der Waals surface area contributed by atoms with Gasteiger partial charge in [0.2, 0.25) is 0 Å². The summed E-state index contributed by atoms with van der Waals surface area (Å²) < 4.78 is 5.98. The van der Waals surface area contributed by atoms with E-state index >= 15 is 0 Å². The Labute approximate surface area is 174 Å². The number of para-hydroxylation sites is 1. The van der Waals surface area contributed by atoms with Crippen LogP contribution in [0.3, 0.4) is 0 Å².